The van der Waals surface area contributed by atoms with E-state index in [-0.39, 0.29) is 10.8 Å². The Kier molecular flexibility index (Phi) is 5.78. The SMILES string of the molecule is CCOCCN(C)C(=O)c1ccc(S(=O)(=O)Cl)cc1. The number of hydrogen-bond donors (Lipinski definition) is 0. The molecule has 0 aliphatic carbocycles. The Morgan fingerprint density at radius 3 is 2.37 bits per heavy atom. The number of amides is 1. The van der Waals surface area contributed by atoms with E-state index < -0.39 is 9.05 Å². The number of hydrogen-bond acceptors (Lipinski definition) is 4. The first-order valence-corrected chi connectivity index (χ1v) is 8.05. The summed E-state index contributed by atoms with van der Waals surface area (Å²) in [7, 11) is 3.10. The fourth-order valence-corrected chi connectivity index (χ4v) is 2.20. The third kappa shape index (κ3) is 4.81. The number of nitrogens with zero attached hydrogens (tertiary/aromatic N) is 1. The molecule has 1 aromatic rings. The summed E-state index contributed by atoms with van der Waals surface area (Å²) in [5.41, 5.74) is 0.406. The number of halogens is 1. The van der Waals surface area contributed by atoms with Crippen LogP contribution in [0.2, 0.25) is 0 Å². The van der Waals surface area contributed by atoms with Gasteiger partial charge in [-0.1, -0.05) is 0 Å². The fraction of sp³-hybridized carbons (Fsp3) is 0.417. The molecule has 0 aliphatic heterocycles. The van der Waals surface area contributed by atoms with Gasteiger partial charge in [-0.25, -0.2) is 8.42 Å². The van der Waals surface area contributed by atoms with Crippen molar-refractivity contribution in [3.63, 3.8) is 0 Å². The Morgan fingerprint density at radius 2 is 1.89 bits per heavy atom. The molecule has 0 radical (unpaired) electrons. The van der Waals surface area contributed by atoms with Gasteiger partial charge in [0.25, 0.3) is 15.0 Å². The summed E-state index contributed by atoms with van der Waals surface area (Å²) in [5, 5.41) is 0. The van der Waals surface area contributed by atoms with Crippen molar-refractivity contribution in [1.82, 2.24) is 4.90 Å². The standard InChI is InChI=1S/C12H16ClNO4S/c1-3-18-9-8-14(2)12(15)10-4-6-11(7-5-10)19(13,16)17/h4-7H,3,8-9H2,1-2H3. The molecule has 0 saturated heterocycles. The molecule has 19 heavy (non-hydrogen) atoms. The van der Waals surface area contributed by atoms with E-state index in [9.17, 15) is 13.2 Å². The van der Waals surface area contributed by atoms with Gasteiger partial charge in [0.2, 0.25) is 0 Å². The second-order valence-corrected chi connectivity index (χ2v) is 6.45. The molecule has 0 unspecified atom stereocenters. The minimum Gasteiger partial charge on any atom is -0.380 e. The van der Waals surface area contributed by atoms with Gasteiger partial charge in [-0.2, -0.15) is 0 Å². The zero-order chi connectivity index (χ0) is 14.5. The van der Waals surface area contributed by atoms with Gasteiger partial charge in [0.15, 0.2) is 0 Å². The largest absolute Gasteiger partial charge is 0.380 e. The highest BCUT2D eigenvalue weighted by Crippen LogP contribution is 2.15. The van der Waals surface area contributed by atoms with E-state index in [1.165, 1.54) is 29.2 Å². The smallest absolute Gasteiger partial charge is 0.261 e. The number of carbonyl (C=O) groups excluding carboxylic acids is 1. The number of carbonyl (C=O) groups is 1. The molecule has 0 aromatic heterocycles. The van der Waals surface area contributed by atoms with Gasteiger partial charge in [0, 0.05) is 36.4 Å². The Hall–Kier alpha value is -1.11. The number of rotatable bonds is 6. The van der Waals surface area contributed by atoms with Gasteiger partial charge in [0.05, 0.1) is 11.5 Å². The molecule has 0 saturated carbocycles. The van der Waals surface area contributed by atoms with Gasteiger partial charge >= 0.3 is 0 Å². The van der Waals surface area contributed by atoms with E-state index in [0.29, 0.717) is 25.3 Å². The molecule has 0 aliphatic rings. The van der Waals surface area contributed by atoms with E-state index in [0.717, 1.165) is 0 Å². The maximum atomic E-state index is 12.0. The van der Waals surface area contributed by atoms with Crippen LogP contribution in [0.25, 0.3) is 0 Å². The molecule has 0 spiro atoms. The van der Waals surface area contributed by atoms with Crippen molar-refractivity contribution >= 4 is 25.6 Å². The highest BCUT2D eigenvalue weighted by atomic mass is 35.7. The van der Waals surface area contributed by atoms with Gasteiger partial charge < -0.3 is 9.64 Å². The van der Waals surface area contributed by atoms with Crippen molar-refractivity contribution in [1.29, 1.82) is 0 Å². The molecule has 1 aromatic carbocycles. The van der Waals surface area contributed by atoms with Crippen molar-refractivity contribution in [2.75, 3.05) is 26.8 Å². The normalized spacial score (nSPS) is 11.3. The number of ether oxygens (including phenoxy) is 1. The topological polar surface area (TPSA) is 63.7 Å². The summed E-state index contributed by atoms with van der Waals surface area (Å²) < 4.78 is 27.3. The summed E-state index contributed by atoms with van der Waals surface area (Å²) in [6, 6.07) is 5.50. The van der Waals surface area contributed by atoms with Crippen molar-refractivity contribution in [3.8, 4) is 0 Å². The van der Waals surface area contributed by atoms with Crippen molar-refractivity contribution in [2.45, 2.75) is 11.8 Å². The monoisotopic (exact) mass is 305 g/mol. The van der Waals surface area contributed by atoms with E-state index >= 15 is 0 Å². The lowest BCUT2D eigenvalue weighted by molar-refractivity contribution is 0.0710. The van der Waals surface area contributed by atoms with Crippen LogP contribution in [0.5, 0.6) is 0 Å². The highest BCUT2D eigenvalue weighted by molar-refractivity contribution is 8.13. The first-order valence-electron chi connectivity index (χ1n) is 5.74. The van der Waals surface area contributed by atoms with Gasteiger partial charge in [-0.15, -0.1) is 0 Å². The summed E-state index contributed by atoms with van der Waals surface area (Å²) in [6.07, 6.45) is 0. The predicted octanol–water partition coefficient (Wildman–Crippen LogP) is 1.72. The van der Waals surface area contributed by atoms with E-state index in [4.69, 9.17) is 15.4 Å². The van der Waals surface area contributed by atoms with E-state index in [2.05, 4.69) is 0 Å². The number of benzene rings is 1. The van der Waals surface area contributed by atoms with Crippen molar-refractivity contribution in [3.05, 3.63) is 29.8 Å². The van der Waals surface area contributed by atoms with E-state index in [1.807, 2.05) is 6.92 Å². The maximum absolute atomic E-state index is 12.0. The van der Waals surface area contributed by atoms with Gasteiger partial charge in [0.1, 0.15) is 0 Å². The third-order valence-electron chi connectivity index (χ3n) is 2.50. The van der Waals surface area contributed by atoms with Crippen LogP contribution in [0.15, 0.2) is 29.2 Å². The zero-order valence-corrected chi connectivity index (χ0v) is 12.4. The molecular formula is C12H16ClNO4S. The Bertz CT molecular complexity index is 527. The summed E-state index contributed by atoms with van der Waals surface area (Å²) in [4.78, 5) is 13.5. The van der Waals surface area contributed by atoms with Crippen LogP contribution in [0.1, 0.15) is 17.3 Å². The third-order valence-corrected chi connectivity index (χ3v) is 3.87. The lowest BCUT2D eigenvalue weighted by Gasteiger charge is -2.17. The van der Waals surface area contributed by atoms with Gasteiger partial charge in [-0.05, 0) is 31.2 Å². The van der Waals surface area contributed by atoms with Gasteiger partial charge in [-0.3, -0.25) is 4.79 Å². The second kappa shape index (κ2) is 6.88. The van der Waals surface area contributed by atoms with Crippen LogP contribution < -0.4 is 0 Å². The van der Waals surface area contributed by atoms with Crippen molar-refractivity contribution in [2.24, 2.45) is 0 Å². The molecule has 1 amide bonds. The summed E-state index contributed by atoms with van der Waals surface area (Å²) in [6.45, 7) is 3.42. The molecule has 0 fully saturated rings. The van der Waals surface area contributed by atoms with Crippen molar-refractivity contribution < 1.29 is 17.9 Å². The quantitative estimate of drug-likeness (QED) is 0.593. The predicted molar refractivity (Wildman–Crippen MR) is 72.9 cm³/mol. The minimum absolute atomic E-state index is 0.0253. The summed E-state index contributed by atoms with van der Waals surface area (Å²) >= 11 is 0. The lowest BCUT2D eigenvalue weighted by atomic mass is 10.2. The first kappa shape index (κ1) is 15.9. The molecule has 106 valence electrons. The molecule has 7 heteroatoms. The van der Waals surface area contributed by atoms with Crippen LogP contribution >= 0.6 is 10.7 Å². The second-order valence-electron chi connectivity index (χ2n) is 3.89. The maximum Gasteiger partial charge on any atom is 0.261 e. The average molecular weight is 306 g/mol. The number of likely N-dealkylation sites (N-methyl/N-ethyl adjacent to an activating group) is 1. The Labute approximate surface area is 117 Å². The lowest BCUT2D eigenvalue weighted by Crippen LogP contribution is -2.30. The molecule has 0 N–H and O–H groups in total. The van der Waals surface area contributed by atoms with Crippen LogP contribution in [-0.4, -0.2) is 46.0 Å². The summed E-state index contributed by atoms with van der Waals surface area (Å²) in [5.74, 6) is -0.196. The van der Waals surface area contributed by atoms with Crippen LogP contribution in [-0.2, 0) is 13.8 Å². The minimum atomic E-state index is -3.76. The Morgan fingerprint density at radius 1 is 1.32 bits per heavy atom. The molecule has 0 atom stereocenters. The zero-order valence-electron chi connectivity index (χ0n) is 10.8. The Balaban J connectivity index is 2.73. The molecular weight excluding hydrogens is 290 g/mol. The molecule has 0 heterocycles. The van der Waals surface area contributed by atoms with E-state index in [1.54, 1.807) is 7.05 Å². The van der Waals surface area contributed by atoms with Crippen LogP contribution in [0.3, 0.4) is 0 Å². The van der Waals surface area contributed by atoms with Crippen LogP contribution in [0.4, 0.5) is 0 Å². The first-order chi connectivity index (χ1) is 8.86. The highest BCUT2D eigenvalue weighted by Gasteiger charge is 2.14. The molecule has 5 nitrogen and oxygen atoms in total. The average Bonchev–Trinajstić information content (AvgIpc) is 2.37. The molecule has 1 rings (SSSR count). The fourth-order valence-electron chi connectivity index (χ4n) is 1.43. The van der Waals surface area contributed by atoms with Crippen LogP contribution in [0, 0.1) is 0 Å². The molecule has 0 bridgehead atoms.